The molecule has 0 saturated heterocycles. The molecule has 0 aromatic heterocycles. The summed E-state index contributed by atoms with van der Waals surface area (Å²) in [4.78, 5) is 10.7. The molecular formula is C12H13ClO3. The number of halogens is 1. The first-order valence-corrected chi connectivity index (χ1v) is 5.70. The maximum atomic E-state index is 10.7. The minimum Gasteiger partial charge on any atom is -0.492 e. The molecule has 1 aromatic rings. The number of benzene rings is 1. The van der Waals surface area contributed by atoms with Crippen LogP contribution in [0.2, 0.25) is 5.02 Å². The van der Waals surface area contributed by atoms with E-state index in [9.17, 15) is 4.79 Å². The Bertz CT molecular complexity index is 399. The van der Waals surface area contributed by atoms with Crippen molar-refractivity contribution in [2.75, 3.05) is 6.61 Å². The van der Waals surface area contributed by atoms with E-state index in [1.807, 2.05) is 0 Å². The summed E-state index contributed by atoms with van der Waals surface area (Å²) in [7, 11) is 0. The zero-order valence-corrected chi connectivity index (χ0v) is 9.54. The van der Waals surface area contributed by atoms with Gasteiger partial charge in [-0.05, 0) is 30.5 Å². The highest BCUT2D eigenvalue weighted by Crippen LogP contribution is 2.33. The lowest BCUT2D eigenvalue weighted by atomic mass is 10.2. The van der Waals surface area contributed by atoms with Crippen LogP contribution in [0, 0.1) is 5.92 Å². The summed E-state index contributed by atoms with van der Waals surface area (Å²) in [6.45, 7) is 0.650. The Kier molecular flexibility index (Phi) is 3.34. The van der Waals surface area contributed by atoms with Gasteiger partial charge in [0.1, 0.15) is 5.75 Å². The van der Waals surface area contributed by atoms with E-state index >= 15 is 0 Å². The fraction of sp³-hybridized carbons (Fsp3) is 0.417. The third kappa shape index (κ3) is 2.89. The predicted octanol–water partition coefficient (Wildman–Crippen LogP) is 3.22. The third-order valence-corrected chi connectivity index (χ3v) is 2.95. The fourth-order valence-electron chi connectivity index (χ4n) is 1.49. The van der Waals surface area contributed by atoms with Gasteiger partial charge < -0.3 is 9.84 Å². The predicted molar refractivity (Wildman–Crippen MR) is 61.2 cm³/mol. The Morgan fingerprint density at radius 1 is 1.50 bits per heavy atom. The Labute approximate surface area is 99.0 Å². The fourth-order valence-corrected chi connectivity index (χ4v) is 1.73. The van der Waals surface area contributed by atoms with Crippen molar-refractivity contribution in [2.45, 2.75) is 19.3 Å². The van der Waals surface area contributed by atoms with Crippen LogP contribution in [0.25, 0.3) is 0 Å². The van der Waals surface area contributed by atoms with E-state index in [1.165, 1.54) is 25.0 Å². The van der Waals surface area contributed by atoms with Gasteiger partial charge in [-0.15, -0.1) is 0 Å². The monoisotopic (exact) mass is 240 g/mol. The third-order valence-electron chi connectivity index (χ3n) is 2.66. The van der Waals surface area contributed by atoms with E-state index in [4.69, 9.17) is 21.4 Å². The second-order valence-electron chi connectivity index (χ2n) is 4.03. The maximum Gasteiger partial charge on any atom is 0.335 e. The van der Waals surface area contributed by atoms with Gasteiger partial charge in [0.2, 0.25) is 0 Å². The molecular weight excluding hydrogens is 228 g/mol. The first kappa shape index (κ1) is 11.3. The van der Waals surface area contributed by atoms with Crippen molar-refractivity contribution in [3.63, 3.8) is 0 Å². The van der Waals surface area contributed by atoms with Gasteiger partial charge in [-0.1, -0.05) is 24.4 Å². The van der Waals surface area contributed by atoms with Crippen molar-refractivity contribution in [3.05, 3.63) is 28.8 Å². The standard InChI is InChI=1S/C12H13ClO3/c13-10-7-9(12(14)15)3-4-11(10)16-6-5-8-1-2-8/h3-4,7-8H,1-2,5-6H2,(H,14,15). The van der Waals surface area contributed by atoms with Gasteiger partial charge in [-0.2, -0.15) is 0 Å². The van der Waals surface area contributed by atoms with E-state index in [0.29, 0.717) is 17.4 Å². The van der Waals surface area contributed by atoms with Crippen molar-refractivity contribution >= 4 is 17.6 Å². The van der Waals surface area contributed by atoms with Crippen LogP contribution in [0.15, 0.2) is 18.2 Å². The molecule has 1 aliphatic rings. The first-order valence-electron chi connectivity index (χ1n) is 5.32. The number of carbonyl (C=O) groups is 1. The number of hydrogen-bond donors (Lipinski definition) is 1. The number of aromatic carboxylic acids is 1. The molecule has 1 aliphatic carbocycles. The lowest BCUT2D eigenvalue weighted by molar-refractivity contribution is 0.0697. The van der Waals surface area contributed by atoms with Gasteiger partial charge in [0.25, 0.3) is 0 Å². The SMILES string of the molecule is O=C(O)c1ccc(OCCC2CC2)c(Cl)c1. The topological polar surface area (TPSA) is 46.5 Å². The molecule has 1 aromatic carbocycles. The number of ether oxygens (including phenoxy) is 1. The second kappa shape index (κ2) is 4.74. The van der Waals surface area contributed by atoms with Crippen LogP contribution in [-0.2, 0) is 0 Å². The molecule has 1 N–H and O–H groups in total. The Hall–Kier alpha value is -1.22. The molecule has 1 saturated carbocycles. The average Bonchev–Trinajstić information content (AvgIpc) is 3.04. The van der Waals surface area contributed by atoms with Gasteiger partial charge >= 0.3 is 5.97 Å². The molecule has 1 fully saturated rings. The molecule has 0 spiro atoms. The highest BCUT2D eigenvalue weighted by atomic mass is 35.5. The second-order valence-corrected chi connectivity index (χ2v) is 4.44. The number of rotatable bonds is 5. The molecule has 0 atom stereocenters. The zero-order valence-electron chi connectivity index (χ0n) is 8.78. The van der Waals surface area contributed by atoms with Gasteiger partial charge in [-0.25, -0.2) is 4.79 Å². The molecule has 4 heteroatoms. The van der Waals surface area contributed by atoms with Crippen molar-refractivity contribution in [1.29, 1.82) is 0 Å². The lowest BCUT2D eigenvalue weighted by Crippen LogP contribution is -2.00. The molecule has 16 heavy (non-hydrogen) atoms. The molecule has 0 aliphatic heterocycles. The molecule has 0 unspecified atom stereocenters. The summed E-state index contributed by atoms with van der Waals surface area (Å²) in [5, 5.41) is 9.11. The van der Waals surface area contributed by atoms with Gasteiger partial charge in [0.05, 0.1) is 17.2 Å². The normalized spacial score (nSPS) is 14.8. The van der Waals surface area contributed by atoms with Crippen molar-refractivity contribution in [2.24, 2.45) is 5.92 Å². The Balaban J connectivity index is 1.95. The van der Waals surface area contributed by atoms with E-state index < -0.39 is 5.97 Å². The van der Waals surface area contributed by atoms with Crippen LogP contribution in [0.5, 0.6) is 5.75 Å². The molecule has 2 rings (SSSR count). The minimum atomic E-state index is -0.980. The molecule has 86 valence electrons. The Morgan fingerprint density at radius 2 is 2.25 bits per heavy atom. The molecule has 0 bridgehead atoms. The summed E-state index contributed by atoms with van der Waals surface area (Å²) in [6.07, 6.45) is 3.65. The number of carboxylic acids is 1. The largest absolute Gasteiger partial charge is 0.492 e. The molecule has 0 heterocycles. The van der Waals surface area contributed by atoms with Crippen LogP contribution in [0.4, 0.5) is 0 Å². The van der Waals surface area contributed by atoms with E-state index in [1.54, 1.807) is 6.07 Å². The van der Waals surface area contributed by atoms with Gasteiger partial charge in [0, 0.05) is 0 Å². The minimum absolute atomic E-state index is 0.180. The number of carboxylic acid groups (broad SMARTS) is 1. The van der Waals surface area contributed by atoms with Crippen molar-refractivity contribution in [3.8, 4) is 5.75 Å². The summed E-state index contributed by atoms with van der Waals surface area (Å²) < 4.78 is 5.50. The summed E-state index contributed by atoms with van der Waals surface area (Å²) in [5.41, 5.74) is 0.180. The highest BCUT2D eigenvalue weighted by Gasteiger charge is 2.20. The van der Waals surface area contributed by atoms with Crippen LogP contribution in [-0.4, -0.2) is 17.7 Å². The molecule has 3 nitrogen and oxygen atoms in total. The quantitative estimate of drug-likeness (QED) is 0.860. The highest BCUT2D eigenvalue weighted by molar-refractivity contribution is 6.32. The van der Waals surface area contributed by atoms with Crippen molar-refractivity contribution in [1.82, 2.24) is 0 Å². The van der Waals surface area contributed by atoms with Crippen LogP contribution >= 0.6 is 11.6 Å². The summed E-state index contributed by atoms with van der Waals surface area (Å²) in [5.74, 6) is 0.399. The van der Waals surface area contributed by atoms with Crippen molar-refractivity contribution < 1.29 is 14.6 Å². The summed E-state index contributed by atoms with van der Waals surface area (Å²) >= 11 is 5.92. The number of hydrogen-bond acceptors (Lipinski definition) is 2. The van der Waals surface area contributed by atoms with E-state index in [-0.39, 0.29) is 5.56 Å². The van der Waals surface area contributed by atoms with Gasteiger partial charge in [0.15, 0.2) is 0 Å². The maximum absolute atomic E-state index is 10.7. The van der Waals surface area contributed by atoms with Gasteiger partial charge in [-0.3, -0.25) is 0 Å². The zero-order chi connectivity index (χ0) is 11.5. The molecule has 0 radical (unpaired) electrons. The first-order chi connectivity index (χ1) is 7.66. The smallest absolute Gasteiger partial charge is 0.335 e. The van der Waals surface area contributed by atoms with E-state index in [2.05, 4.69) is 0 Å². The summed E-state index contributed by atoms with van der Waals surface area (Å²) in [6, 6.07) is 4.52. The average molecular weight is 241 g/mol. The van der Waals surface area contributed by atoms with Crippen LogP contribution in [0.3, 0.4) is 0 Å². The van der Waals surface area contributed by atoms with Crippen LogP contribution < -0.4 is 4.74 Å². The Morgan fingerprint density at radius 3 is 2.81 bits per heavy atom. The lowest BCUT2D eigenvalue weighted by Gasteiger charge is -2.07. The van der Waals surface area contributed by atoms with E-state index in [0.717, 1.165) is 12.3 Å². The molecule has 0 amide bonds. The van der Waals surface area contributed by atoms with Crippen LogP contribution in [0.1, 0.15) is 29.6 Å².